The van der Waals surface area contributed by atoms with E-state index in [0.717, 1.165) is 11.0 Å². The van der Waals surface area contributed by atoms with Gasteiger partial charge in [0.05, 0.1) is 35.5 Å². The van der Waals surface area contributed by atoms with Crippen LogP contribution in [0.1, 0.15) is 48.4 Å². The number of esters is 1. The van der Waals surface area contributed by atoms with Crippen LogP contribution in [0.15, 0.2) is 42.5 Å². The van der Waals surface area contributed by atoms with Gasteiger partial charge in [-0.05, 0) is 48.9 Å². The number of anilines is 1. The monoisotopic (exact) mass is 405 g/mol. The number of carboxylic acids is 1. The van der Waals surface area contributed by atoms with Crippen LogP contribution in [0.2, 0.25) is 0 Å². The van der Waals surface area contributed by atoms with Crippen LogP contribution >= 0.6 is 0 Å². The molecular formula is C21H13N2O7-. The van der Waals surface area contributed by atoms with Crippen molar-refractivity contribution in [1.82, 2.24) is 0 Å². The molecule has 0 unspecified atom stereocenters. The first-order valence-electron chi connectivity index (χ1n) is 8.74. The van der Waals surface area contributed by atoms with Crippen molar-refractivity contribution in [3.63, 3.8) is 0 Å². The van der Waals surface area contributed by atoms with Crippen molar-refractivity contribution in [2.75, 3.05) is 11.5 Å². The number of aromatic carboxylic acids is 1. The quantitative estimate of drug-likeness (QED) is 0.296. The van der Waals surface area contributed by atoms with Crippen molar-refractivity contribution in [3.8, 4) is 6.07 Å². The molecule has 0 N–H and O–H groups in total. The molecule has 0 fully saturated rings. The standard InChI is InChI=1S/C21H14N2O7/c1-2-30-21(29)16(10-22)17(24)11-3-6-13(7-4-11)23-18(25)14-8-5-12(20(27)28)9-15(14)19(23)26/h3-9,16H,2H2,1H3,(H,27,28)/p-1/t16-/m0/s1. The Bertz CT molecular complexity index is 1130. The van der Waals surface area contributed by atoms with E-state index in [0.29, 0.717) is 0 Å². The smallest absolute Gasteiger partial charge is 0.331 e. The van der Waals surface area contributed by atoms with E-state index < -0.39 is 35.5 Å². The second kappa shape index (κ2) is 7.97. The highest BCUT2D eigenvalue weighted by molar-refractivity contribution is 6.34. The second-order valence-corrected chi connectivity index (χ2v) is 6.22. The van der Waals surface area contributed by atoms with Crippen LogP contribution in [0, 0.1) is 17.2 Å². The second-order valence-electron chi connectivity index (χ2n) is 6.22. The van der Waals surface area contributed by atoms with Gasteiger partial charge in [0.15, 0.2) is 5.78 Å². The molecule has 0 aliphatic carbocycles. The Morgan fingerprint density at radius 3 is 2.20 bits per heavy atom. The minimum atomic E-state index is -1.63. The predicted molar refractivity (Wildman–Crippen MR) is 98.4 cm³/mol. The number of carboxylic acid groups (broad SMARTS) is 1. The lowest BCUT2D eigenvalue weighted by molar-refractivity contribution is -0.255. The summed E-state index contributed by atoms with van der Waals surface area (Å²) in [5, 5.41) is 20.1. The molecule has 0 spiro atoms. The number of nitrogens with zero attached hydrogens (tertiary/aromatic N) is 2. The molecule has 2 amide bonds. The summed E-state index contributed by atoms with van der Waals surface area (Å²) in [6.07, 6.45) is 0. The van der Waals surface area contributed by atoms with E-state index in [2.05, 4.69) is 0 Å². The maximum absolute atomic E-state index is 12.6. The van der Waals surface area contributed by atoms with Gasteiger partial charge in [-0.15, -0.1) is 0 Å². The zero-order valence-corrected chi connectivity index (χ0v) is 15.6. The molecule has 0 saturated heterocycles. The van der Waals surface area contributed by atoms with E-state index in [4.69, 9.17) is 10.00 Å². The molecule has 0 saturated carbocycles. The van der Waals surface area contributed by atoms with Gasteiger partial charge < -0.3 is 14.6 Å². The number of carbonyl (C=O) groups excluding carboxylic acids is 5. The highest BCUT2D eigenvalue weighted by Crippen LogP contribution is 2.29. The summed E-state index contributed by atoms with van der Waals surface area (Å²) in [7, 11) is 0. The van der Waals surface area contributed by atoms with E-state index in [1.165, 1.54) is 36.4 Å². The number of hydrogen-bond acceptors (Lipinski definition) is 8. The summed E-state index contributed by atoms with van der Waals surface area (Å²) >= 11 is 0. The van der Waals surface area contributed by atoms with Gasteiger partial charge in [-0.25, -0.2) is 4.90 Å². The van der Waals surface area contributed by atoms with Crippen LogP contribution in [0.3, 0.4) is 0 Å². The Morgan fingerprint density at radius 1 is 1.03 bits per heavy atom. The van der Waals surface area contributed by atoms with Crippen LogP contribution in [0.5, 0.6) is 0 Å². The number of fused-ring (bicyclic) bond motifs is 1. The van der Waals surface area contributed by atoms with E-state index in [1.54, 1.807) is 13.0 Å². The van der Waals surface area contributed by atoms with Gasteiger partial charge in [0, 0.05) is 5.56 Å². The molecule has 1 heterocycles. The number of Topliss-reactive ketones (excluding diaryl/α,β-unsaturated/α-hetero) is 1. The Kier molecular flexibility index (Phi) is 5.42. The molecule has 0 aromatic heterocycles. The van der Waals surface area contributed by atoms with Crippen molar-refractivity contribution >= 4 is 35.2 Å². The fourth-order valence-corrected chi connectivity index (χ4v) is 2.99. The third-order valence-corrected chi connectivity index (χ3v) is 4.45. The number of benzene rings is 2. The van der Waals surface area contributed by atoms with E-state index in [9.17, 15) is 29.1 Å². The number of imide groups is 1. The van der Waals surface area contributed by atoms with Crippen molar-refractivity contribution in [2.45, 2.75) is 6.92 Å². The Balaban J connectivity index is 1.88. The van der Waals surface area contributed by atoms with Gasteiger partial charge in [0.2, 0.25) is 5.92 Å². The van der Waals surface area contributed by atoms with Crippen LogP contribution in [-0.2, 0) is 9.53 Å². The molecular weight excluding hydrogens is 392 g/mol. The highest BCUT2D eigenvalue weighted by Gasteiger charge is 2.37. The summed E-state index contributed by atoms with van der Waals surface area (Å²) in [5.74, 6) is -6.22. The van der Waals surface area contributed by atoms with Gasteiger partial charge in [-0.2, -0.15) is 5.26 Å². The van der Waals surface area contributed by atoms with Gasteiger partial charge in [0.1, 0.15) is 0 Å². The Hall–Kier alpha value is -4.32. The number of nitriles is 1. The first-order chi connectivity index (χ1) is 14.3. The predicted octanol–water partition coefficient (Wildman–Crippen LogP) is 0.736. The third kappa shape index (κ3) is 3.42. The first-order valence-corrected chi connectivity index (χ1v) is 8.74. The van der Waals surface area contributed by atoms with E-state index in [-0.39, 0.29) is 34.5 Å². The minimum Gasteiger partial charge on any atom is -0.545 e. The number of ketones is 1. The summed E-state index contributed by atoms with van der Waals surface area (Å²) in [4.78, 5) is 61.2. The summed E-state index contributed by atoms with van der Waals surface area (Å²) in [6, 6.07) is 10.2. The molecule has 2 aromatic carbocycles. The van der Waals surface area contributed by atoms with Crippen LogP contribution < -0.4 is 10.0 Å². The fraction of sp³-hybridized carbons (Fsp3) is 0.143. The molecule has 150 valence electrons. The molecule has 9 heteroatoms. The van der Waals surface area contributed by atoms with Crippen LogP contribution in [0.4, 0.5) is 5.69 Å². The van der Waals surface area contributed by atoms with Gasteiger partial charge in [-0.3, -0.25) is 19.2 Å². The van der Waals surface area contributed by atoms with Gasteiger partial charge in [-0.1, -0.05) is 6.07 Å². The summed E-state index contributed by atoms with van der Waals surface area (Å²) < 4.78 is 4.71. The number of rotatable bonds is 6. The van der Waals surface area contributed by atoms with E-state index >= 15 is 0 Å². The lowest BCUT2D eigenvalue weighted by atomic mass is 9.98. The summed E-state index contributed by atoms with van der Waals surface area (Å²) in [5.41, 5.74) is -0.114. The van der Waals surface area contributed by atoms with Gasteiger partial charge in [0.25, 0.3) is 11.8 Å². The largest absolute Gasteiger partial charge is 0.545 e. The van der Waals surface area contributed by atoms with Gasteiger partial charge >= 0.3 is 5.97 Å². The summed E-state index contributed by atoms with van der Waals surface area (Å²) in [6.45, 7) is 1.56. The molecule has 9 nitrogen and oxygen atoms in total. The van der Waals surface area contributed by atoms with Crippen molar-refractivity contribution in [3.05, 3.63) is 64.7 Å². The van der Waals surface area contributed by atoms with E-state index in [1.807, 2.05) is 0 Å². The SMILES string of the molecule is CCOC(=O)[C@@H](C#N)C(=O)c1ccc(N2C(=O)c3ccc(C(=O)[O-])cc3C2=O)cc1. The zero-order chi connectivity index (χ0) is 22.0. The third-order valence-electron chi connectivity index (χ3n) is 4.45. The van der Waals surface area contributed by atoms with Crippen LogP contribution in [-0.4, -0.2) is 36.1 Å². The lowest BCUT2D eigenvalue weighted by Crippen LogP contribution is -2.29. The average Bonchev–Trinajstić information content (AvgIpc) is 2.98. The maximum Gasteiger partial charge on any atom is 0.331 e. The minimum absolute atomic E-state index is 0.0165. The fourth-order valence-electron chi connectivity index (χ4n) is 2.99. The number of hydrogen-bond donors (Lipinski definition) is 0. The molecule has 1 aliphatic rings. The number of ether oxygens (including phenoxy) is 1. The Morgan fingerprint density at radius 2 is 1.63 bits per heavy atom. The van der Waals surface area contributed by atoms with Crippen LogP contribution in [0.25, 0.3) is 0 Å². The van der Waals surface area contributed by atoms with Crippen molar-refractivity contribution in [2.24, 2.45) is 5.92 Å². The molecule has 1 aliphatic heterocycles. The number of amides is 2. The maximum atomic E-state index is 12.6. The normalized spacial score (nSPS) is 13.4. The van der Waals surface area contributed by atoms with Crippen molar-refractivity contribution in [1.29, 1.82) is 5.26 Å². The van der Waals surface area contributed by atoms with Crippen molar-refractivity contribution < 1.29 is 33.8 Å². The highest BCUT2D eigenvalue weighted by atomic mass is 16.5. The first kappa shape index (κ1) is 20.4. The molecule has 0 radical (unpaired) electrons. The topological polar surface area (TPSA) is 145 Å². The zero-order valence-electron chi connectivity index (χ0n) is 15.6. The lowest BCUT2D eigenvalue weighted by Gasteiger charge is -2.14. The molecule has 3 rings (SSSR count). The molecule has 1 atom stereocenters. The molecule has 0 bridgehead atoms. The average molecular weight is 405 g/mol. The molecule has 30 heavy (non-hydrogen) atoms. The molecule has 2 aromatic rings. The Labute approximate surface area is 170 Å². The number of carbonyl (C=O) groups is 5.